The van der Waals surface area contributed by atoms with Crippen LogP contribution in [0.4, 0.5) is 0 Å². The Bertz CT molecular complexity index is 1110. The fourth-order valence-electron chi connectivity index (χ4n) is 2.89. The van der Waals surface area contributed by atoms with Crippen molar-refractivity contribution in [2.75, 3.05) is 19.4 Å². The van der Waals surface area contributed by atoms with Crippen LogP contribution >= 0.6 is 11.6 Å². The van der Waals surface area contributed by atoms with Crippen LogP contribution in [0.1, 0.15) is 15.9 Å². The molecule has 1 N–H and O–H groups in total. The molecule has 30 heavy (non-hydrogen) atoms. The fraction of sp³-hybridized carbons (Fsp3) is 0.174. The van der Waals surface area contributed by atoms with Crippen LogP contribution in [0.15, 0.2) is 72.8 Å². The molecule has 0 spiro atoms. The van der Waals surface area contributed by atoms with Crippen LogP contribution in [-0.2, 0) is 16.4 Å². The van der Waals surface area contributed by atoms with Gasteiger partial charge in [0.05, 0.1) is 11.3 Å². The summed E-state index contributed by atoms with van der Waals surface area (Å²) in [7, 11) is -3.20. The van der Waals surface area contributed by atoms with Crippen molar-refractivity contribution in [2.45, 2.75) is 6.42 Å². The highest BCUT2D eigenvalue weighted by atomic mass is 35.5. The van der Waals surface area contributed by atoms with E-state index in [1.54, 1.807) is 30.3 Å². The monoisotopic (exact) mass is 443 g/mol. The summed E-state index contributed by atoms with van der Waals surface area (Å²) in [5, 5.41) is 0.442. The van der Waals surface area contributed by atoms with E-state index in [0.717, 1.165) is 22.9 Å². The number of hydrogen-bond donors (Lipinski definition) is 1. The summed E-state index contributed by atoms with van der Waals surface area (Å²) in [4.78, 5) is 12.4. The summed E-state index contributed by atoms with van der Waals surface area (Å²) in [6.07, 6.45) is 1.66. The lowest BCUT2D eigenvalue weighted by Crippen LogP contribution is -2.24. The number of ether oxygens (including phenoxy) is 1. The highest BCUT2D eigenvalue weighted by Crippen LogP contribution is 2.30. The maximum Gasteiger partial charge on any atom is 0.208 e. The van der Waals surface area contributed by atoms with Crippen molar-refractivity contribution in [3.8, 4) is 16.9 Å². The second kappa shape index (κ2) is 9.89. The Hall–Kier alpha value is -2.67. The number of ketones is 1. The Morgan fingerprint density at radius 2 is 1.67 bits per heavy atom. The summed E-state index contributed by atoms with van der Waals surface area (Å²) in [6, 6.07) is 22.4. The van der Waals surface area contributed by atoms with E-state index in [-0.39, 0.29) is 12.4 Å². The lowest BCUT2D eigenvalue weighted by atomic mass is 10.1. The van der Waals surface area contributed by atoms with E-state index >= 15 is 0 Å². The summed E-state index contributed by atoms with van der Waals surface area (Å²) in [5.74, 6) is 0.284. The quantitative estimate of drug-likeness (QED) is 0.499. The molecule has 0 aliphatic heterocycles. The van der Waals surface area contributed by atoms with Gasteiger partial charge in [-0.2, -0.15) is 0 Å². The van der Waals surface area contributed by atoms with Gasteiger partial charge < -0.3 is 4.74 Å². The van der Waals surface area contributed by atoms with Crippen molar-refractivity contribution in [1.29, 1.82) is 0 Å². The van der Waals surface area contributed by atoms with E-state index in [1.807, 2.05) is 42.5 Å². The molecule has 0 fully saturated rings. The van der Waals surface area contributed by atoms with Gasteiger partial charge in [-0.25, -0.2) is 13.1 Å². The van der Waals surface area contributed by atoms with E-state index in [0.29, 0.717) is 29.3 Å². The molecule has 3 rings (SSSR count). The van der Waals surface area contributed by atoms with Crippen LogP contribution in [0.25, 0.3) is 11.1 Å². The molecule has 0 aromatic heterocycles. The second-order valence-corrected chi connectivity index (χ2v) is 9.08. The van der Waals surface area contributed by atoms with Crippen molar-refractivity contribution in [3.05, 3.63) is 88.9 Å². The molecule has 0 amide bonds. The third-order valence-electron chi connectivity index (χ3n) is 4.45. The number of rotatable bonds is 9. The van der Waals surface area contributed by atoms with Gasteiger partial charge in [0.2, 0.25) is 10.0 Å². The molecule has 0 saturated heterocycles. The first-order chi connectivity index (χ1) is 14.3. The van der Waals surface area contributed by atoms with Gasteiger partial charge in [-0.1, -0.05) is 72.3 Å². The molecule has 0 saturated carbocycles. The molecular formula is C23H22ClNO4S. The van der Waals surface area contributed by atoms with Gasteiger partial charge in [-0.15, -0.1) is 0 Å². The van der Waals surface area contributed by atoms with Crippen molar-refractivity contribution >= 4 is 27.4 Å². The maximum atomic E-state index is 12.4. The first kappa shape index (κ1) is 22.0. The zero-order chi connectivity index (χ0) is 21.6. The third-order valence-corrected chi connectivity index (χ3v) is 5.48. The molecule has 7 heteroatoms. The molecule has 0 bridgehead atoms. The number of Topliss-reactive ketones (excluding diaryl/α,β-unsaturated/α-hetero) is 1. The van der Waals surface area contributed by atoms with E-state index in [2.05, 4.69) is 4.72 Å². The molecule has 3 aromatic carbocycles. The minimum atomic E-state index is -3.20. The average Bonchev–Trinajstić information content (AvgIpc) is 2.73. The van der Waals surface area contributed by atoms with Crippen LogP contribution in [0, 0.1) is 0 Å². The van der Waals surface area contributed by atoms with Gasteiger partial charge in [-0.3, -0.25) is 4.79 Å². The average molecular weight is 444 g/mol. The molecule has 0 heterocycles. The number of nitrogens with one attached hydrogen (secondary N) is 1. The molecule has 0 aliphatic rings. The lowest BCUT2D eigenvalue weighted by Gasteiger charge is -2.10. The minimum absolute atomic E-state index is 0.126. The van der Waals surface area contributed by atoms with Gasteiger partial charge in [0, 0.05) is 12.1 Å². The number of sulfonamides is 1. The molecule has 0 unspecified atom stereocenters. The molecule has 156 valence electrons. The predicted octanol–water partition coefficient (Wildman–Crippen LogP) is 4.36. The molecule has 0 radical (unpaired) electrons. The van der Waals surface area contributed by atoms with E-state index in [1.165, 1.54) is 0 Å². The standard InChI is InChI=1S/C23H22ClNO4S/c1-30(27,28)25-14-13-17-7-9-19(10-8-17)22(26)16-29-23-12-11-20(15-21(23)24)18-5-3-2-4-6-18/h2-12,15,25H,13-14,16H2,1H3. The van der Waals surface area contributed by atoms with Crippen LogP contribution in [0.5, 0.6) is 5.75 Å². The van der Waals surface area contributed by atoms with Crippen LogP contribution in [0.2, 0.25) is 5.02 Å². The first-order valence-corrected chi connectivity index (χ1v) is 11.6. The van der Waals surface area contributed by atoms with Gasteiger partial charge in [-0.05, 0) is 35.2 Å². The number of carbonyl (C=O) groups excluding carboxylic acids is 1. The maximum absolute atomic E-state index is 12.4. The van der Waals surface area contributed by atoms with Gasteiger partial charge >= 0.3 is 0 Å². The zero-order valence-electron chi connectivity index (χ0n) is 16.5. The summed E-state index contributed by atoms with van der Waals surface area (Å²) >= 11 is 6.33. The molecule has 0 atom stereocenters. The topological polar surface area (TPSA) is 72.5 Å². The number of halogens is 1. The largest absolute Gasteiger partial charge is 0.484 e. The predicted molar refractivity (Wildman–Crippen MR) is 120 cm³/mol. The summed E-state index contributed by atoms with van der Waals surface area (Å²) < 4.78 is 30.2. The number of carbonyl (C=O) groups is 1. The molecule has 5 nitrogen and oxygen atoms in total. The SMILES string of the molecule is CS(=O)(=O)NCCc1ccc(C(=O)COc2ccc(-c3ccccc3)cc2Cl)cc1. The molecular weight excluding hydrogens is 422 g/mol. The smallest absolute Gasteiger partial charge is 0.208 e. The Morgan fingerprint density at radius 3 is 2.30 bits per heavy atom. The lowest BCUT2D eigenvalue weighted by molar-refractivity contribution is 0.0921. The van der Waals surface area contributed by atoms with Crippen LogP contribution in [0.3, 0.4) is 0 Å². The van der Waals surface area contributed by atoms with Gasteiger partial charge in [0.1, 0.15) is 5.75 Å². The summed E-state index contributed by atoms with van der Waals surface area (Å²) in [6.45, 7) is 0.187. The third kappa shape index (κ3) is 6.42. The van der Waals surface area contributed by atoms with Gasteiger partial charge in [0.25, 0.3) is 0 Å². The van der Waals surface area contributed by atoms with Crippen molar-refractivity contribution in [2.24, 2.45) is 0 Å². The highest BCUT2D eigenvalue weighted by Gasteiger charge is 2.10. The van der Waals surface area contributed by atoms with E-state index in [9.17, 15) is 13.2 Å². The van der Waals surface area contributed by atoms with E-state index in [4.69, 9.17) is 16.3 Å². The number of benzene rings is 3. The normalized spacial score (nSPS) is 11.3. The first-order valence-electron chi connectivity index (χ1n) is 9.36. The summed E-state index contributed by atoms with van der Waals surface area (Å²) in [5.41, 5.74) is 3.48. The van der Waals surface area contributed by atoms with Crippen molar-refractivity contribution in [3.63, 3.8) is 0 Å². The second-order valence-electron chi connectivity index (χ2n) is 6.84. The highest BCUT2D eigenvalue weighted by molar-refractivity contribution is 7.88. The van der Waals surface area contributed by atoms with Crippen molar-refractivity contribution in [1.82, 2.24) is 4.72 Å². The van der Waals surface area contributed by atoms with Crippen molar-refractivity contribution < 1.29 is 17.9 Å². The zero-order valence-corrected chi connectivity index (χ0v) is 18.0. The van der Waals surface area contributed by atoms with Gasteiger partial charge in [0.15, 0.2) is 12.4 Å². The molecule has 3 aromatic rings. The number of hydrogen-bond acceptors (Lipinski definition) is 4. The van der Waals surface area contributed by atoms with E-state index < -0.39 is 10.0 Å². The molecule has 0 aliphatic carbocycles. The van der Waals surface area contributed by atoms with Crippen LogP contribution < -0.4 is 9.46 Å². The Kier molecular flexibility index (Phi) is 7.26. The minimum Gasteiger partial charge on any atom is -0.484 e. The Labute approximate surface area is 181 Å². The fourth-order valence-corrected chi connectivity index (χ4v) is 3.60. The Morgan fingerprint density at radius 1 is 0.967 bits per heavy atom. The van der Waals surface area contributed by atoms with Crippen LogP contribution in [-0.4, -0.2) is 33.6 Å². The Balaban J connectivity index is 1.56.